The molecule has 2 unspecified atom stereocenters. The molecule has 1 aromatic carbocycles. The number of amides is 3. The van der Waals surface area contributed by atoms with Crippen molar-refractivity contribution in [1.29, 1.82) is 0 Å². The van der Waals surface area contributed by atoms with Crippen LogP contribution in [0.4, 0.5) is 10.5 Å². The van der Waals surface area contributed by atoms with Crippen LogP contribution in [0.1, 0.15) is 52.5 Å². The van der Waals surface area contributed by atoms with Crippen molar-refractivity contribution in [3.63, 3.8) is 0 Å². The topological polar surface area (TPSA) is 156 Å². The van der Waals surface area contributed by atoms with Crippen LogP contribution in [0.25, 0.3) is 0 Å². The maximum Gasteiger partial charge on any atom is 0.409 e. The summed E-state index contributed by atoms with van der Waals surface area (Å²) in [5.41, 5.74) is -0.903. The molecule has 3 aliphatic rings. The van der Waals surface area contributed by atoms with Gasteiger partial charge in [0.1, 0.15) is 40.7 Å². The van der Waals surface area contributed by atoms with Crippen molar-refractivity contribution in [2.45, 2.75) is 95.2 Å². The van der Waals surface area contributed by atoms with Crippen LogP contribution in [0.3, 0.4) is 0 Å². The second-order valence-electron chi connectivity index (χ2n) is 13.4. The summed E-state index contributed by atoms with van der Waals surface area (Å²) in [6, 6.07) is 2.60. The van der Waals surface area contributed by atoms with E-state index in [1.807, 2.05) is 13.0 Å². The molecule has 2 N–H and O–H groups in total. The molecule has 50 heavy (non-hydrogen) atoms. The number of rotatable bonds is 7. The number of esters is 1. The van der Waals surface area contributed by atoms with Gasteiger partial charge in [-0.3, -0.25) is 14.9 Å². The number of hydrogen-bond donors (Lipinski definition) is 3. The normalized spacial score (nSPS) is 32.3. The largest absolute Gasteiger partial charge is 0.495 e. The number of aliphatic hydroxyl groups is 1. The molecule has 3 amide bonds. The number of epoxide rings is 1. The van der Waals surface area contributed by atoms with Crippen LogP contribution in [0.2, 0.25) is 5.02 Å². The van der Waals surface area contributed by atoms with Crippen LogP contribution in [0, 0.1) is 5.92 Å². The van der Waals surface area contributed by atoms with E-state index in [2.05, 4.69) is 17.9 Å². The lowest BCUT2D eigenvalue weighted by Gasteiger charge is -2.42. The maximum absolute atomic E-state index is 14.0. The molecule has 0 spiro atoms. The van der Waals surface area contributed by atoms with E-state index in [1.165, 1.54) is 38.0 Å². The number of nitrogens with one attached hydrogen (secondary N) is 1. The minimum Gasteiger partial charge on any atom is -0.495 e. The first-order valence-electron chi connectivity index (χ1n) is 16.4. The van der Waals surface area contributed by atoms with Gasteiger partial charge in [0.05, 0.1) is 25.3 Å². The second-order valence-corrected chi connectivity index (χ2v) is 14.2. The minimum atomic E-state index is -1.82. The maximum atomic E-state index is 14.0. The number of fused-ring (bicyclic) bond motifs is 5. The summed E-state index contributed by atoms with van der Waals surface area (Å²) in [6.45, 7) is 6.96. The Balaban J connectivity index is 1.78. The van der Waals surface area contributed by atoms with Crippen LogP contribution in [-0.4, -0.2) is 110 Å². The molecule has 4 bridgehead atoms. The average molecular weight is 738 g/mol. The molecular formula is C35H48ClN3O10S. The number of benzene rings is 1. The summed E-state index contributed by atoms with van der Waals surface area (Å²) in [5, 5.41) is 14.4. The van der Waals surface area contributed by atoms with Gasteiger partial charge in [0.15, 0.2) is 5.72 Å². The number of likely N-dealkylation sites (N-methyl/N-ethyl adjacent to an activating group) is 1. The highest BCUT2D eigenvalue weighted by Crippen LogP contribution is 2.49. The zero-order valence-electron chi connectivity index (χ0n) is 29.7. The number of carbonyl (C=O) groups is 4. The molecule has 0 aliphatic carbocycles. The van der Waals surface area contributed by atoms with E-state index in [0.717, 1.165) is 11.1 Å². The Hall–Kier alpha value is -3.30. The SMILES string of the molecule is COc1cc2cc(c1Cl)N(C)C(=O)CC(OC(=O)[C@@H](C)N(C)C(=O)CCS)[C@]1(C)OC1[C@H](C)[C@@H]1C[C@@](O)(NC(=O)O1)[C@H](OC)/C=C/C=C(\C)C2. The number of halogens is 1. The van der Waals surface area contributed by atoms with Crippen molar-refractivity contribution in [3.8, 4) is 5.75 Å². The summed E-state index contributed by atoms with van der Waals surface area (Å²) in [5.74, 6) is -1.30. The van der Waals surface area contributed by atoms with Gasteiger partial charge in [-0.15, -0.1) is 0 Å². The third-order valence-electron chi connectivity index (χ3n) is 9.85. The lowest BCUT2D eigenvalue weighted by molar-refractivity contribution is -0.161. The zero-order chi connectivity index (χ0) is 37.1. The number of hydrogen-bond acceptors (Lipinski definition) is 11. The van der Waals surface area contributed by atoms with Gasteiger partial charge < -0.3 is 38.6 Å². The highest BCUT2D eigenvalue weighted by molar-refractivity contribution is 7.80. The summed E-state index contributed by atoms with van der Waals surface area (Å²) in [6.07, 6.45) is 1.08. The number of carbonyl (C=O) groups excluding carboxylic acids is 4. The van der Waals surface area contributed by atoms with Gasteiger partial charge in [-0.05, 0) is 50.6 Å². The molecule has 276 valence electrons. The molecule has 2 fully saturated rings. The summed E-state index contributed by atoms with van der Waals surface area (Å²) in [7, 11) is 5.98. The van der Waals surface area contributed by atoms with Crippen LogP contribution >= 0.6 is 24.2 Å². The molecule has 1 aromatic rings. The van der Waals surface area contributed by atoms with Crippen LogP contribution < -0.4 is 15.0 Å². The molecule has 0 radical (unpaired) electrons. The predicted molar refractivity (Wildman–Crippen MR) is 189 cm³/mol. The fourth-order valence-electron chi connectivity index (χ4n) is 6.49. The summed E-state index contributed by atoms with van der Waals surface area (Å²) < 4.78 is 29.0. The molecule has 8 atom stereocenters. The third-order valence-corrected chi connectivity index (χ3v) is 10.5. The Labute approximate surface area is 303 Å². The Morgan fingerprint density at radius 2 is 1.98 bits per heavy atom. The summed E-state index contributed by atoms with van der Waals surface area (Å²) >= 11 is 10.8. The Morgan fingerprint density at radius 1 is 1.28 bits per heavy atom. The van der Waals surface area contributed by atoms with E-state index >= 15 is 0 Å². The first-order valence-corrected chi connectivity index (χ1v) is 17.5. The van der Waals surface area contributed by atoms with Gasteiger partial charge >= 0.3 is 12.1 Å². The quantitative estimate of drug-likeness (QED) is 0.214. The Kier molecular flexibility index (Phi) is 12.6. The van der Waals surface area contributed by atoms with Gasteiger partial charge in [-0.1, -0.05) is 42.3 Å². The van der Waals surface area contributed by atoms with E-state index in [1.54, 1.807) is 45.2 Å². The van der Waals surface area contributed by atoms with E-state index in [-0.39, 0.29) is 30.2 Å². The van der Waals surface area contributed by atoms with Gasteiger partial charge in [0.25, 0.3) is 0 Å². The monoisotopic (exact) mass is 737 g/mol. The van der Waals surface area contributed by atoms with Crippen molar-refractivity contribution in [3.05, 3.63) is 46.5 Å². The van der Waals surface area contributed by atoms with Crippen LogP contribution in [0.5, 0.6) is 5.75 Å². The number of ether oxygens (including phenoxy) is 5. The highest BCUT2D eigenvalue weighted by atomic mass is 35.5. The molecule has 3 aliphatic heterocycles. The van der Waals surface area contributed by atoms with Crippen molar-refractivity contribution < 1.29 is 48.0 Å². The second kappa shape index (κ2) is 15.9. The highest BCUT2D eigenvalue weighted by Gasteiger charge is 2.64. The van der Waals surface area contributed by atoms with Crippen molar-refractivity contribution in [2.75, 3.05) is 39.0 Å². The predicted octanol–water partition coefficient (Wildman–Crippen LogP) is 3.83. The van der Waals surface area contributed by atoms with Gasteiger partial charge in [0, 0.05) is 40.0 Å². The van der Waals surface area contributed by atoms with Crippen molar-refractivity contribution in [2.24, 2.45) is 5.92 Å². The smallest absolute Gasteiger partial charge is 0.409 e. The number of anilines is 1. The van der Waals surface area contributed by atoms with E-state index in [0.29, 0.717) is 23.6 Å². The minimum absolute atomic E-state index is 0.0489. The lowest BCUT2D eigenvalue weighted by Crippen LogP contribution is -2.63. The Morgan fingerprint density at radius 3 is 2.62 bits per heavy atom. The summed E-state index contributed by atoms with van der Waals surface area (Å²) in [4.78, 5) is 55.6. The molecular weight excluding hydrogens is 690 g/mol. The molecule has 0 saturated carbocycles. The molecule has 4 rings (SSSR count). The number of methoxy groups -OCH3 is 2. The van der Waals surface area contributed by atoms with E-state index in [4.69, 9.17) is 35.3 Å². The standard InChI is InChI=1S/C35H48ClN3O10S/c1-19-10-9-11-26(46-8)35(44)18-25(47-33(43)37-35)20(2)31-34(4,49-31)27(48-32(42)21(3)38(5)28(40)12-13-50)17-29(41)39(6)23-15-22(14-19)16-24(45-7)30(23)36/h9-11,15-16,20-21,25-27,31,44,50H,12-14,17-18H2,1-8H3,(H,37,43)/b11-9+,19-10+/t20-,21-,25+,26-,27?,31?,34+,35+/m1/s1. The fourth-order valence-corrected chi connectivity index (χ4v) is 6.99. The van der Waals surface area contributed by atoms with Crippen LogP contribution in [-0.2, 0) is 39.8 Å². The average Bonchev–Trinajstić information content (AvgIpc) is 3.76. The first-order chi connectivity index (χ1) is 23.5. The lowest BCUT2D eigenvalue weighted by atomic mass is 9.83. The molecule has 13 nitrogen and oxygen atoms in total. The fraction of sp³-hybridized carbons (Fsp3) is 0.600. The Bertz CT molecular complexity index is 1540. The van der Waals surface area contributed by atoms with Crippen molar-refractivity contribution in [1.82, 2.24) is 10.2 Å². The van der Waals surface area contributed by atoms with Crippen LogP contribution in [0.15, 0.2) is 35.9 Å². The number of alkyl carbamates (subject to hydrolysis) is 1. The molecule has 3 heterocycles. The van der Waals surface area contributed by atoms with E-state index in [9.17, 15) is 24.3 Å². The molecule has 2 saturated heterocycles. The van der Waals surface area contributed by atoms with Crippen molar-refractivity contribution >= 4 is 53.8 Å². The van der Waals surface area contributed by atoms with Gasteiger partial charge in [-0.2, -0.15) is 12.6 Å². The zero-order valence-corrected chi connectivity index (χ0v) is 31.4. The van der Waals surface area contributed by atoms with Gasteiger partial charge in [0.2, 0.25) is 11.8 Å². The van der Waals surface area contributed by atoms with Gasteiger partial charge in [-0.25, -0.2) is 9.59 Å². The van der Waals surface area contributed by atoms with E-state index < -0.39 is 65.7 Å². The number of nitrogens with zero attached hydrogens (tertiary/aromatic N) is 2. The molecule has 0 aromatic heterocycles. The first kappa shape index (κ1) is 39.5. The number of thiol groups is 1. The molecule has 15 heteroatoms. The number of allylic oxidation sites excluding steroid dienone is 3. The third kappa shape index (κ3) is 8.42.